The van der Waals surface area contributed by atoms with E-state index >= 15 is 0 Å². The molecule has 0 fully saturated rings. The number of sulfonamides is 1. The number of rotatable bonds is 5. The minimum atomic E-state index is -3.79. The van der Waals surface area contributed by atoms with E-state index < -0.39 is 15.8 Å². The third-order valence-electron chi connectivity index (χ3n) is 2.27. The summed E-state index contributed by atoms with van der Waals surface area (Å²) in [6, 6.07) is 3.88. The smallest absolute Gasteiger partial charge is 0.243 e. The van der Waals surface area contributed by atoms with Gasteiger partial charge in [-0.05, 0) is 38.0 Å². The standard InChI is InChI=1S/C11H17FN2O2S/c1-8-3-4-10(12)11(7-8)17(15,16)14-6-5-9(2)13/h3-4,7,9,14H,5-6,13H2,1-2H3. The summed E-state index contributed by atoms with van der Waals surface area (Å²) in [6.07, 6.45) is 0.507. The second-order valence-corrected chi connectivity index (χ2v) is 5.83. The zero-order valence-corrected chi connectivity index (χ0v) is 10.7. The van der Waals surface area contributed by atoms with E-state index in [0.717, 1.165) is 6.07 Å². The molecule has 0 spiro atoms. The second kappa shape index (κ2) is 5.57. The van der Waals surface area contributed by atoms with Crippen molar-refractivity contribution in [3.05, 3.63) is 29.6 Å². The van der Waals surface area contributed by atoms with Crippen LogP contribution in [0.2, 0.25) is 0 Å². The fourth-order valence-electron chi connectivity index (χ4n) is 1.32. The molecular weight excluding hydrogens is 243 g/mol. The fraction of sp³-hybridized carbons (Fsp3) is 0.455. The molecule has 4 nitrogen and oxygen atoms in total. The highest BCUT2D eigenvalue weighted by Gasteiger charge is 2.18. The lowest BCUT2D eigenvalue weighted by atomic mass is 10.2. The summed E-state index contributed by atoms with van der Waals surface area (Å²) >= 11 is 0. The van der Waals surface area contributed by atoms with Crippen molar-refractivity contribution >= 4 is 10.0 Å². The predicted octanol–water partition coefficient (Wildman–Crippen LogP) is 1.15. The van der Waals surface area contributed by atoms with Crippen LogP contribution in [0.1, 0.15) is 18.9 Å². The molecule has 6 heteroatoms. The summed E-state index contributed by atoms with van der Waals surface area (Å²) in [5.74, 6) is -0.746. The molecule has 1 rings (SSSR count). The van der Waals surface area contributed by atoms with Gasteiger partial charge in [0.2, 0.25) is 10.0 Å². The Kier molecular flexibility index (Phi) is 4.62. The minimum Gasteiger partial charge on any atom is -0.328 e. The van der Waals surface area contributed by atoms with Gasteiger partial charge in [0.1, 0.15) is 10.7 Å². The van der Waals surface area contributed by atoms with E-state index in [4.69, 9.17) is 5.73 Å². The van der Waals surface area contributed by atoms with E-state index in [-0.39, 0.29) is 17.5 Å². The summed E-state index contributed by atoms with van der Waals surface area (Å²) in [6.45, 7) is 3.69. The van der Waals surface area contributed by atoms with Gasteiger partial charge in [0.05, 0.1) is 0 Å². The average molecular weight is 260 g/mol. The van der Waals surface area contributed by atoms with E-state index in [9.17, 15) is 12.8 Å². The molecule has 0 aliphatic heterocycles. The molecule has 96 valence electrons. The molecule has 0 amide bonds. The summed E-state index contributed by atoms with van der Waals surface area (Å²) in [5, 5.41) is 0. The summed E-state index contributed by atoms with van der Waals surface area (Å²) in [7, 11) is -3.79. The molecular formula is C11H17FN2O2S. The molecule has 0 saturated carbocycles. The summed E-state index contributed by atoms with van der Waals surface area (Å²) < 4.78 is 39.3. The SMILES string of the molecule is Cc1ccc(F)c(S(=O)(=O)NCCC(C)N)c1. The highest BCUT2D eigenvalue weighted by Crippen LogP contribution is 2.15. The Morgan fingerprint density at radius 3 is 2.71 bits per heavy atom. The molecule has 0 radical (unpaired) electrons. The third kappa shape index (κ3) is 4.07. The van der Waals surface area contributed by atoms with Crippen molar-refractivity contribution in [1.82, 2.24) is 4.72 Å². The topological polar surface area (TPSA) is 72.2 Å². The molecule has 0 aliphatic rings. The third-order valence-corrected chi connectivity index (χ3v) is 3.74. The van der Waals surface area contributed by atoms with Crippen LogP contribution in [-0.2, 0) is 10.0 Å². The van der Waals surface area contributed by atoms with Crippen LogP contribution in [0.15, 0.2) is 23.1 Å². The quantitative estimate of drug-likeness (QED) is 0.834. The highest BCUT2D eigenvalue weighted by atomic mass is 32.2. The van der Waals surface area contributed by atoms with Crippen LogP contribution >= 0.6 is 0 Å². The first-order valence-corrected chi connectivity index (χ1v) is 6.82. The molecule has 0 aliphatic carbocycles. The van der Waals surface area contributed by atoms with Gasteiger partial charge in [0.15, 0.2) is 0 Å². The van der Waals surface area contributed by atoms with Crippen molar-refractivity contribution in [3.63, 3.8) is 0 Å². The van der Waals surface area contributed by atoms with Gasteiger partial charge < -0.3 is 5.73 Å². The van der Waals surface area contributed by atoms with Crippen LogP contribution in [0, 0.1) is 12.7 Å². The lowest BCUT2D eigenvalue weighted by Crippen LogP contribution is -2.29. The van der Waals surface area contributed by atoms with Gasteiger partial charge in [0, 0.05) is 12.6 Å². The lowest BCUT2D eigenvalue weighted by molar-refractivity contribution is 0.551. The van der Waals surface area contributed by atoms with Gasteiger partial charge in [-0.1, -0.05) is 6.07 Å². The Bertz CT molecular complexity index is 486. The number of nitrogens with two attached hydrogens (primary N) is 1. The van der Waals surface area contributed by atoms with Crippen molar-refractivity contribution in [2.75, 3.05) is 6.54 Å². The first-order valence-electron chi connectivity index (χ1n) is 5.34. The van der Waals surface area contributed by atoms with Crippen molar-refractivity contribution in [3.8, 4) is 0 Å². The number of halogens is 1. The van der Waals surface area contributed by atoms with Crippen LogP contribution in [-0.4, -0.2) is 21.0 Å². The maximum absolute atomic E-state index is 13.4. The maximum Gasteiger partial charge on any atom is 0.243 e. The van der Waals surface area contributed by atoms with Crippen molar-refractivity contribution in [1.29, 1.82) is 0 Å². The minimum absolute atomic E-state index is 0.0972. The van der Waals surface area contributed by atoms with Crippen molar-refractivity contribution < 1.29 is 12.8 Å². The molecule has 0 bridgehead atoms. The molecule has 1 unspecified atom stereocenters. The Morgan fingerprint density at radius 1 is 1.47 bits per heavy atom. The lowest BCUT2D eigenvalue weighted by Gasteiger charge is -2.09. The Labute approximate surface area is 101 Å². The largest absolute Gasteiger partial charge is 0.328 e. The number of aryl methyl sites for hydroxylation is 1. The zero-order valence-electron chi connectivity index (χ0n) is 9.90. The van der Waals surface area contributed by atoms with Gasteiger partial charge in [-0.15, -0.1) is 0 Å². The molecule has 0 aromatic heterocycles. The molecule has 1 aromatic rings. The highest BCUT2D eigenvalue weighted by molar-refractivity contribution is 7.89. The normalized spacial score (nSPS) is 13.6. The predicted molar refractivity (Wildman–Crippen MR) is 64.6 cm³/mol. The monoisotopic (exact) mass is 260 g/mol. The molecule has 0 saturated heterocycles. The molecule has 1 aromatic carbocycles. The van der Waals surface area contributed by atoms with Crippen molar-refractivity contribution in [2.24, 2.45) is 5.73 Å². The molecule has 3 N–H and O–H groups in total. The second-order valence-electron chi connectivity index (χ2n) is 4.10. The van der Waals surface area contributed by atoms with Gasteiger partial charge in [0.25, 0.3) is 0 Å². The van der Waals surface area contributed by atoms with E-state index in [1.807, 2.05) is 0 Å². The maximum atomic E-state index is 13.4. The van der Waals surface area contributed by atoms with E-state index in [1.165, 1.54) is 12.1 Å². The molecule has 17 heavy (non-hydrogen) atoms. The summed E-state index contributed by atoms with van der Waals surface area (Å²) in [4.78, 5) is -0.317. The fourth-order valence-corrected chi connectivity index (χ4v) is 2.52. The Morgan fingerprint density at radius 2 is 2.12 bits per heavy atom. The van der Waals surface area contributed by atoms with Gasteiger partial charge in [-0.3, -0.25) is 0 Å². The first-order chi connectivity index (χ1) is 7.83. The Hall–Kier alpha value is -0.980. The van der Waals surface area contributed by atoms with Crippen LogP contribution in [0.5, 0.6) is 0 Å². The van der Waals surface area contributed by atoms with Gasteiger partial charge in [-0.2, -0.15) is 0 Å². The first kappa shape index (κ1) is 14.1. The number of benzene rings is 1. The molecule has 0 heterocycles. The number of hydrogen-bond acceptors (Lipinski definition) is 3. The van der Waals surface area contributed by atoms with Crippen LogP contribution in [0.25, 0.3) is 0 Å². The van der Waals surface area contributed by atoms with Crippen LogP contribution < -0.4 is 10.5 Å². The van der Waals surface area contributed by atoms with E-state index in [1.54, 1.807) is 13.8 Å². The zero-order chi connectivity index (χ0) is 13.1. The van der Waals surface area contributed by atoms with E-state index in [0.29, 0.717) is 12.0 Å². The number of hydrogen-bond donors (Lipinski definition) is 2. The summed E-state index contributed by atoms with van der Waals surface area (Å²) in [5.41, 5.74) is 6.20. The van der Waals surface area contributed by atoms with Gasteiger partial charge in [-0.25, -0.2) is 17.5 Å². The van der Waals surface area contributed by atoms with Crippen LogP contribution in [0.4, 0.5) is 4.39 Å². The average Bonchev–Trinajstić information content (AvgIpc) is 2.20. The van der Waals surface area contributed by atoms with Gasteiger partial charge >= 0.3 is 0 Å². The van der Waals surface area contributed by atoms with E-state index in [2.05, 4.69) is 4.72 Å². The van der Waals surface area contributed by atoms with Crippen LogP contribution in [0.3, 0.4) is 0 Å². The Balaban J connectivity index is 2.86. The van der Waals surface area contributed by atoms with Crippen molar-refractivity contribution in [2.45, 2.75) is 31.2 Å². The number of nitrogens with one attached hydrogen (secondary N) is 1. The molecule has 1 atom stereocenters.